The standard InChI is InChI=1S/C31H54O2/c1-3-25-8-12-27(13-9-25)29-16-20-31(21-17-29)33-23-5-4-22-32-30-18-14-28(15-19-30)26-10-6-24(2)7-11-26/h25-31H,2-23H2,1H3. The van der Waals surface area contributed by atoms with Crippen LogP contribution in [0.25, 0.3) is 0 Å². The van der Waals surface area contributed by atoms with E-state index in [-0.39, 0.29) is 0 Å². The van der Waals surface area contributed by atoms with Crippen molar-refractivity contribution in [2.75, 3.05) is 13.2 Å². The molecule has 4 aliphatic carbocycles. The summed E-state index contributed by atoms with van der Waals surface area (Å²) < 4.78 is 12.5. The van der Waals surface area contributed by atoms with Crippen LogP contribution in [-0.4, -0.2) is 25.4 Å². The average molecular weight is 459 g/mol. The molecule has 0 bridgehead atoms. The first-order valence-electron chi connectivity index (χ1n) is 15.1. The summed E-state index contributed by atoms with van der Waals surface area (Å²) in [4.78, 5) is 0. The van der Waals surface area contributed by atoms with Crippen molar-refractivity contribution in [2.24, 2.45) is 29.6 Å². The quantitative estimate of drug-likeness (QED) is 0.240. The fourth-order valence-electron chi connectivity index (χ4n) is 7.75. The van der Waals surface area contributed by atoms with Gasteiger partial charge in [-0.15, -0.1) is 0 Å². The van der Waals surface area contributed by atoms with Crippen molar-refractivity contribution >= 4 is 0 Å². The molecule has 4 rings (SSSR count). The zero-order valence-electron chi connectivity index (χ0n) is 21.9. The zero-order chi connectivity index (χ0) is 22.9. The van der Waals surface area contributed by atoms with E-state index in [2.05, 4.69) is 13.5 Å². The highest BCUT2D eigenvalue weighted by Gasteiger charge is 2.31. The van der Waals surface area contributed by atoms with Gasteiger partial charge in [0, 0.05) is 13.2 Å². The van der Waals surface area contributed by atoms with E-state index in [1.807, 2.05) is 0 Å². The maximum atomic E-state index is 6.27. The van der Waals surface area contributed by atoms with E-state index in [9.17, 15) is 0 Å². The van der Waals surface area contributed by atoms with Crippen LogP contribution in [0.5, 0.6) is 0 Å². The Hall–Kier alpha value is -0.340. The van der Waals surface area contributed by atoms with Gasteiger partial charge in [-0.25, -0.2) is 0 Å². The molecule has 2 nitrogen and oxygen atoms in total. The SMILES string of the molecule is C=C1CCC(C2CCC(OCCCCOC3CCC(C4CCC(CC)CC4)CC3)CC2)CC1. The summed E-state index contributed by atoms with van der Waals surface area (Å²) in [5.41, 5.74) is 1.49. The van der Waals surface area contributed by atoms with Crippen molar-refractivity contribution in [2.45, 2.75) is 141 Å². The van der Waals surface area contributed by atoms with Gasteiger partial charge in [0.2, 0.25) is 0 Å². The molecule has 0 radical (unpaired) electrons. The van der Waals surface area contributed by atoms with E-state index in [4.69, 9.17) is 9.47 Å². The van der Waals surface area contributed by atoms with E-state index >= 15 is 0 Å². The van der Waals surface area contributed by atoms with Crippen molar-refractivity contribution in [3.05, 3.63) is 12.2 Å². The van der Waals surface area contributed by atoms with E-state index < -0.39 is 0 Å². The van der Waals surface area contributed by atoms with Gasteiger partial charge >= 0.3 is 0 Å². The third-order valence-corrected chi connectivity index (χ3v) is 10.2. The van der Waals surface area contributed by atoms with Crippen LogP contribution >= 0.6 is 0 Å². The fraction of sp³-hybridized carbons (Fsp3) is 0.935. The molecule has 2 heteroatoms. The molecule has 190 valence electrons. The molecule has 0 N–H and O–H groups in total. The van der Waals surface area contributed by atoms with Crippen LogP contribution in [0, 0.1) is 29.6 Å². The van der Waals surface area contributed by atoms with E-state index in [0.29, 0.717) is 12.2 Å². The molecule has 4 fully saturated rings. The molecule has 4 aliphatic rings. The van der Waals surface area contributed by atoms with Gasteiger partial charge in [0.05, 0.1) is 12.2 Å². The minimum Gasteiger partial charge on any atom is -0.378 e. The second-order valence-electron chi connectivity index (χ2n) is 12.3. The minimum absolute atomic E-state index is 0.531. The Morgan fingerprint density at radius 3 is 1.39 bits per heavy atom. The van der Waals surface area contributed by atoms with Crippen molar-refractivity contribution in [3.8, 4) is 0 Å². The zero-order valence-corrected chi connectivity index (χ0v) is 21.9. The highest BCUT2D eigenvalue weighted by molar-refractivity contribution is 4.99. The Labute approximate surface area is 205 Å². The van der Waals surface area contributed by atoms with Gasteiger partial charge < -0.3 is 9.47 Å². The van der Waals surface area contributed by atoms with E-state index in [0.717, 1.165) is 42.8 Å². The van der Waals surface area contributed by atoms with Crippen LogP contribution in [0.15, 0.2) is 12.2 Å². The first-order chi connectivity index (χ1) is 16.2. The van der Waals surface area contributed by atoms with Gasteiger partial charge in [-0.1, -0.05) is 38.3 Å². The molecule has 33 heavy (non-hydrogen) atoms. The van der Waals surface area contributed by atoms with Crippen LogP contribution in [0.3, 0.4) is 0 Å². The maximum absolute atomic E-state index is 6.27. The third kappa shape index (κ3) is 8.09. The summed E-state index contributed by atoms with van der Waals surface area (Å²) >= 11 is 0. The third-order valence-electron chi connectivity index (χ3n) is 10.2. The number of ether oxygens (including phenoxy) is 2. The van der Waals surface area contributed by atoms with Gasteiger partial charge in [0.25, 0.3) is 0 Å². The molecule has 4 saturated carbocycles. The molecule has 0 heterocycles. The molecule has 0 saturated heterocycles. The van der Waals surface area contributed by atoms with Crippen molar-refractivity contribution in [1.82, 2.24) is 0 Å². The molecule has 0 atom stereocenters. The molecular weight excluding hydrogens is 404 g/mol. The molecule has 0 spiro atoms. The van der Waals surface area contributed by atoms with Gasteiger partial charge in [-0.3, -0.25) is 0 Å². The molecule has 0 unspecified atom stereocenters. The summed E-state index contributed by atoms with van der Waals surface area (Å²) in [6.45, 7) is 8.44. The van der Waals surface area contributed by atoms with Crippen molar-refractivity contribution < 1.29 is 9.47 Å². The van der Waals surface area contributed by atoms with E-state index in [1.165, 1.54) is 128 Å². The molecule has 0 amide bonds. The van der Waals surface area contributed by atoms with Crippen molar-refractivity contribution in [3.63, 3.8) is 0 Å². The second kappa shape index (κ2) is 13.7. The first-order valence-corrected chi connectivity index (χ1v) is 15.1. The minimum atomic E-state index is 0.531. The fourth-order valence-corrected chi connectivity index (χ4v) is 7.75. The summed E-state index contributed by atoms with van der Waals surface area (Å²) in [7, 11) is 0. The number of allylic oxidation sites excluding steroid dienone is 1. The van der Waals surface area contributed by atoms with E-state index in [1.54, 1.807) is 0 Å². The monoisotopic (exact) mass is 458 g/mol. The summed E-state index contributed by atoms with van der Waals surface area (Å²) in [5, 5.41) is 0. The van der Waals surface area contributed by atoms with Crippen LogP contribution in [-0.2, 0) is 9.47 Å². The Morgan fingerprint density at radius 1 is 0.576 bits per heavy atom. The van der Waals surface area contributed by atoms with Crippen LogP contribution in [0.1, 0.15) is 129 Å². The lowest BCUT2D eigenvalue weighted by Crippen LogP contribution is -2.29. The topological polar surface area (TPSA) is 18.5 Å². The predicted octanol–water partition coefficient (Wildman–Crippen LogP) is 8.88. The number of hydrogen-bond donors (Lipinski definition) is 0. The lowest BCUT2D eigenvalue weighted by molar-refractivity contribution is -0.00917. The Morgan fingerprint density at radius 2 is 0.970 bits per heavy atom. The molecule has 0 aromatic heterocycles. The lowest BCUT2D eigenvalue weighted by Gasteiger charge is -2.37. The summed E-state index contributed by atoms with van der Waals surface area (Å²) in [6, 6.07) is 0. The predicted molar refractivity (Wildman–Crippen MR) is 139 cm³/mol. The molecule has 0 aliphatic heterocycles. The number of unbranched alkanes of at least 4 members (excludes halogenated alkanes) is 1. The second-order valence-corrected chi connectivity index (χ2v) is 12.3. The summed E-state index contributed by atoms with van der Waals surface area (Å²) in [6.07, 6.45) is 27.0. The van der Waals surface area contributed by atoms with Crippen LogP contribution in [0.2, 0.25) is 0 Å². The Kier molecular flexibility index (Phi) is 10.7. The van der Waals surface area contributed by atoms with Gasteiger partial charge in [0.15, 0.2) is 0 Å². The largest absolute Gasteiger partial charge is 0.378 e. The summed E-state index contributed by atoms with van der Waals surface area (Å²) in [5.74, 6) is 5.00. The smallest absolute Gasteiger partial charge is 0.0575 e. The Bertz CT molecular complexity index is 537. The average Bonchev–Trinajstić information content (AvgIpc) is 2.87. The lowest BCUT2D eigenvalue weighted by atomic mass is 9.70. The van der Waals surface area contributed by atoms with Gasteiger partial charge in [-0.2, -0.15) is 0 Å². The highest BCUT2D eigenvalue weighted by atomic mass is 16.5. The normalized spacial score (nSPS) is 36.7. The van der Waals surface area contributed by atoms with Gasteiger partial charge in [0.1, 0.15) is 0 Å². The first kappa shape index (κ1) is 25.7. The van der Waals surface area contributed by atoms with Crippen molar-refractivity contribution in [1.29, 1.82) is 0 Å². The molecule has 0 aromatic rings. The maximum Gasteiger partial charge on any atom is 0.0575 e. The van der Waals surface area contributed by atoms with Gasteiger partial charge in [-0.05, 0) is 132 Å². The molecule has 0 aromatic carbocycles. The van der Waals surface area contributed by atoms with Crippen LogP contribution in [0.4, 0.5) is 0 Å². The number of hydrogen-bond acceptors (Lipinski definition) is 2. The molecular formula is C31H54O2. The highest BCUT2D eigenvalue weighted by Crippen LogP contribution is 2.42. The van der Waals surface area contributed by atoms with Crippen LogP contribution < -0.4 is 0 Å². The number of rotatable bonds is 10. The Balaban J connectivity index is 0.980.